The highest BCUT2D eigenvalue weighted by molar-refractivity contribution is 5.88. The zero-order chi connectivity index (χ0) is 12.7. The molecule has 1 aromatic carbocycles. The fourth-order valence-corrected chi connectivity index (χ4v) is 2.98. The Balaban J connectivity index is 2.18. The summed E-state index contributed by atoms with van der Waals surface area (Å²) in [6, 6.07) is 8.38. The van der Waals surface area contributed by atoms with Gasteiger partial charge in [0, 0.05) is 38.1 Å². The smallest absolute Gasteiger partial charge is 0.231 e. The van der Waals surface area contributed by atoms with Crippen molar-refractivity contribution in [2.24, 2.45) is 5.92 Å². The predicted octanol–water partition coefficient (Wildman–Crippen LogP) is -0.001000. The van der Waals surface area contributed by atoms with Gasteiger partial charge in [-0.15, -0.1) is 0 Å². The van der Waals surface area contributed by atoms with Crippen molar-refractivity contribution in [3.63, 3.8) is 0 Å². The van der Waals surface area contributed by atoms with Crippen LogP contribution < -0.4 is 10.4 Å². The molecule has 0 aromatic heterocycles. The third-order valence-electron chi connectivity index (χ3n) is 3.87. The number of benzene rings is 1. The number of nitrogens with zero attached hydrogens (tertiary/aromatic N) is 2. The summed E-state index contributed by atoms with van der Waals surface area (Å²) in [7, 11) is 3.68. The molecule has 0 N–H and O–H groups in total. The van der Waals surface area contributed by atoms with Crippen LogP contribution in [0.15, 0.2) is 24.3 Å². The number of hydrogen-bond donors (Lipinski definition) is 0. The summed E-state index contributed by atoms with van der Waals surface area (Å²) < 4.78 is 0. The second-order valence-electron chi connectivity index (χ2n) is 5.20. The summed E-state index contributed by atoms with van der Waals surface area (Å²) >= 11 is 0. The average molecular weight is 242 g/mol. The minimum atomic E-state index is 0.0369. The Morgan fingerprint density at radius 1 is 1.33 bits per heavy atom. The van der Waals surface area contributed by atoms with E-state index in [0.29, 0.717) is 0 Å². The van der Waals surface area contributed by atoms with Crippen LogP contribution in [0, 0.1) is 5.92 Å². The average Bonchev–Trinajstić information content (AvgIpc) is 2.81. The van der Waals surface area contributed by atoms with Crippen molar-refractivity contribution < 1.29 is 4.79 Å². The van der Waals surface area contributed by atoms with Crippen molar-refractivity contribution in [3.8, 4) is 0 Å². The van der Waals surface area contributed by atoms with Gasteiger partial charge in [0.25, 0.3) is 0 Å². The summed E-state index contributed by atoms with van der Waals surface area (Å²) in [6.07, 6.45) is 3.19. The number of amides is 1. The highest BCUT2D eigenvalue weighted by Gasteiger charge is 2.35. The lowest BCUT2D eigenvalue weighted by Crippen LogP contribution is -2.41. The molecule has 2 aliphatic rings. The Kier molecular flexibility index (Phi) is 2.62. The van der Waals surface area contributed by atoms with Crippen molar-refractivity contribution >= 4 is 17.7 Å². The first kappa shape index (κ1) is 11.3. The second-order valence-corrected chi connectivity index (χ2v) is 5.20. The second kappa shape index (κ2) is 4.16. The van der Waals surface area contributed by atoms with Gasteiger partial charge in [0.2, 0.25) is 5.91 Å². The predicted molar refractivity (Wildman–Crippen MR) is 71.9 cm³/mol. The lowest BCUT2D eigenvalue weighted by Gasteiger charge is -2.25. The minimum absolute atomic E-state index is 0.0369. The van der Waals surface area contributed by atoms with E-state index in [1.165, 1.54) is 16.1 Å². The molecule has 1 aromatic rings. The number of carbonyl (C=O) groups is 1. The van der Waals surface area contributed by atoms with Gasteiger partial charge in [0.05, 0.1) is 5.92 Å². The maximum Gasteiger partial charge on any atom is 0.231 e. The molecule has 2 heterocycles. The first-order valence-electron chi connectivity index (χ1n) is 6.44. The molecule has 0 radical (unpaired) electrons. The molecule has 0 saturated carbocycles. The van der Waals surface area contributed by atoms with Gasteiger partial charge in [-0.25, -0.2) is 0 Å². The van der Waals surface area contributed by atoms with Gasteiger partial charge in [-0.2, -0.15) is 0 Å². The first-order chi connectivity index (χ1) is 8.68. The van der Waals surface area contributed by atoms with Crippen LogP contribution >= 0.6 is 0 Å². The molecule has 0 spiro atoms. The van der Waals surface area contributed by atoms with E-state index < -0.39 is 0 Å². The van der Waals surface area contributed by atoms with E-state index in [1.54, 1.807) is 4.90 Å². The van der Waals surface area contributed by atoms with E-state index >= 15 is 0 Å². The zero-order valence-electron chi connectivity index (χ0n) is 10.9. The zero-order valence-corrected chi connectivity index (χ0v) is 10.9. The third-order valence-corrected chi connectivity index (χ3v) is 3.87. The molecule has 3 heteroatoms. The van der Waals surface area contributed by atoms with Crippen LogP contribution in [-0.2, 0) is 4.79 Å². The van der Waals surface area contributed by atoms with Crippen LogP contribution in [0.2, 0.25) is 0 Å². The summed E-state index contributed by atoms with van der Waals surface area (Å²) in [5.74, 6) is 0.263. The molecule has 1 fully saturated rings. The van der Waals surface area contributed by atoms with Crippen molar-refractivity contribution in [3.05, 3.63) is 34.7 Å². The normalized spacial score (nSPS) is 21.1. The molecule has 18 heavy (non-hydrogen) atoms. The van der Waals surface area contributed by atoms with Gasteiger partial charge in [-0.3, -0.25) is 4.79 Å². The van der Waals surface area contributed by atoms with Gasteiger partial charge in [-0.05, 0) is 11.6 Å². The van der Waals surface area contributed by atoms with Crippen LogP contribution in [-0.4, -0.2) is 42.9 Å². The van der Waals surface area contributed by atoms with Crippen LogP contribution in [0.4, 0.5) is 0 Å². The third kappa shape index (κ3) is 1.62. The Bertz CT molecular complexity index is 603. The fraction of sp³-hybridized carbons (Fsp3) is 0.400. The van der Waals surface area contributed by atoms with E-state index in [9.17, 15) is 4.79 Å². The lowest BCUT2D eigenvalue weighted by atomic mass is 9.99. The highest BCUT2D eigenvalue weighted by atomic mass is 16.2. The van der Waals surface area contributed by atoms with Crippen molar-refractivity contribution in [1.29, 1.82) is 0 Å². The molecule has 0 bridgehead atoms. The Labute approximate surface area is 107 Å². The van der Waals surface area contributed by atoms with Gasteiger partial charge in [0.1, 0.15) is 0 Å². The molecule has 3 rings (SSSR count). The standard InChI is InChI=1S/C15H18N2O/c1-16(2)15(18)13-8-10-17-9-7-11-5-3-4-6-12(11)14(13)17/h3-7,13H,8-10H2,1-2H3. The summed E-state index contributed by atoms with van der Waals surface area (Å²) in [5, 5.41) is 2.50. The number of fused-ring (bicyclic) bond motifs is 2. The van der Waals surface area contributed by atoms with E-state index in [0.717, 1.165) is 19.5 Å². The molecule has 1 atom stereocenters. The number of rotatable bonds is 1. The summed E-state index contributed by atoms with van der Waals surface area (Å²) in [4.78, 5) is 16.3. The Hall–Kier alpha value is -1.77. The van der Waals surface area contributed by atoms with Gasteiger partial charge >= 0.3 is 0 Å². The van der Waals surface area contributed by atoms with Gasteiger partial charge in [0.15, 0.2) is 0 Å². The van der Waals surface area contributed by atoms with Crippen molar-refractivity contribution in [2.45, 2.75) is 6.42 Å². The molecular formula is C15H18N2O. The van der Waals surface area contributed by atoms with Crippen LogP contribution in [0.25, 0.3) is 11.8 Å². The van der Waals surface area contributed by atoms with E-state index in [4.69, 9.17) is 0 Å². The SMILES string of the molecule is CN(C)C(=O)C1CCN2CC=c3ccccc3=C12. The number of hydrogen-bond acceptors (Lipinski definition) is 2. The molecule has 1 saturated heterocycles. The maximum atomic E-state index is 12.3. The monoisotopic (exact) mass is 242 g/mol. The first-order valence-corrected chi connectivity index (χ1v) is 6.44. The van der Waals surface area contributed by atoms with Crippen LogP contribution in [0.5, 0.6) is 0 Å². The quantitative estimate of drug-likeness (QED) is 0.692. The number of carbonyl (C=O) groups excluding carboxylic acids is 1. The van der Waals surface area contributed by atoms with Gasteiger partial charge in [-0.1, -0.05) is 30.3 Å². The molecule has 1 amide bonds. The van der Waals surface area contributed by atoms with Crippen molar-refractivity contribution in [1.82, 2.24) is 9.80 Å². The van der Waals surface area contributed by atoms with E-state index in [-0.39, 0.29) is 11.8 Å². The van der Waals surface area contributed by atoms with Crippen LogP contribution in [0.1, 0.15) is 6.42 Å². The molecular weight excluding hydrogens is 224 g/mol. The van der Waals surface area contributed by atoms with Gasteiger partial charge < -0.3 is 9.80 Å². The minimum Gasteiger partial charge on any atom is -0.370 e. The van der Waals surface area contributed by atoms with E-state index in [2.05, 4.69) is 35.2 Å². The van der Waals surface area contributed by atoms with Crippen molar-refractivity contribution in [2.75, 3.05) is 27.2 Å². The van der Waals surface area contributed by atoms with E-state index in [1.807, 2.05) is 14.1 Å². The molecule has 3 nitrogen and oxygen atoms in total. The maximum absolute atomic E-state index is 12.3. The lowest BCUT2D eigenvalue weighted by molar-refractivity contribution is -0.131. The molecule has 1 unspecified atom stereocenters. The fourth-order valence-electron chi connectivity index (χ4n) is 2.98. The largest absolute Gasteiger partial charge is 0.370 e. The molecule has 94 valence electrons. The van der Waals surface area contributed by atoms with Crippen LogP contribution in [0.3, 0.4) is 0 Å². The molecule has 0 aliphatic carbocycles. The molecule has 2 aliphatic heterocycles. The summed E-state index contributed by atoms with van der Waals surface area (Å²) in [6.45, 7) is 1.92. The Morgan fingerprint density at radius 2 is 2.11 bits per heavy atom. The Morgan fingerprint density at radius 3 is 2.89 bits per heavy atom. The summed E-state index contributed by atoms with van der Waals surface area (Å²) in [5.41, 5.74) is 1.23. The highest BCUT2D eigenvalue weighted by Crippen LogP contribution is 2.29. The topological polar surface area (TPSA) is 23.6 Å².